The van der Waals surface area contributed by atoms with Crippen LogP contribution in [0.4, 0.5) is 13.2 Å². The van der Waals surface area contributed by atoms with Crippen LogP contribution in [0.1, 0.15) is 29.2 Å². The Labute approximate surface area is 139 Å². The number of carbonyl (C=O) groups is 1. The quantitative estimate of drug-likeness (QED) is 0.789. The third kappa shape index (κ3) is 4.85. The van der Waals surface area contributed by atoms with Gasteiger partial charge in [-0.05, 0) is 35.2 Å². The summed E-state index contributed by atoms with van der Waals surface area (Å²) < 4.78 is 37.6. The number of hydrogen-bond acceptors (Lipinski definition) is 1. The van der Waals surface area contributed by atoms with E-state index in [1.165, 1.54) is 17.7 Å². The van der Waals surface area contributed by atoms with E-state index in [0.29, 0.717) is 12.1 Å². The van der Waals surface area contributed by atoms with Gasteiger partial charge in [-0.15, -0.1) is 0 Å². The van der Waals surface area contributed by atoms with Gasteiger partial charge in [-0.3, -0.25) is 4.79 Å². The second kappa shape index (κ2) is 7.51. The third-order valence-corrected chi connectivity index (χ3v) is 3.91. The lowest BCUT2D eigenvalue weighted by atomic mass is 10.1. The van der Waals surface area contributed by atoms with Gasteiger partial charge in [0.15, 0.2) is 0 Å². The first kappa shape index (κ1) is 18.0. The minimum atomic E-state index is -4.36. The molecule has 5 heteroatoms. The molecular formula is C19H20F3NO. The first-order chi connectivity index (χ1) is 11.3. The van der Waals surface area contributed by atoms with Gasteiger partial charge >= 0.3 is 6.18 Å². The molecule has 128 valence electrons. The van der Waals surface area contributed by atoms with Gasteiger partial charge in [0.05, 0.1) is 12.0 Å². The van der Waals surface area contributed by atoms with Crippen molar-refractivity contribution >= 4 is 5.91 Å². The average molecular weight is 335 g/mol. The van der Waals surface area contributed by atoms with E-state index >= 15 is 0 Å². The van der Waals surface area contributed by atoms with Gasteiger partial charge in [0.1, 0.15) is 0 Å². The first-order valence-electron chi connectivity index (χ1n) is 7.77. The van der Waals surface area contributed by atoms with Crippen LogP contribution in [0.15, 0.2) is 48.5 Å². The van der Waals surface area contributed by atoms with Crippen LogP contribution in [0.25, 0.3) is 0 Å². The summed E-state index contributed by atoms with van der Waals surface area (Å²) in [5.41, 5.74) is 2.12. The molecule has 2 nitrogen and oxygen atoms in total. The second-order valence-electron chi connectivity index (χ2n) is 5.79. The summed E-state index contributed by atoms with van der Waals surface area (Å²) in [6.07, 6.45) is -3.31. The van der Waals surface area contributed by atoms with Gasteiger partial charge in [0.25, 0.3) is 0 Å². The minimum absolute atomic E-state index is 0.0850. The largest absolute Gasteiger partial charge is 0.416 e. The average Bonchev–Trinajstić information content (AvgIpc) is 2.55. The Morgan fingerprint density at radius 3 is 1.92 bits per heavy atom. The van der Waals surface area contributed by atoms with Crippen molar-refractivity contribution in [1.29, 1.82) is 0 Å². The van der Waals surface area contributed by atoms with E-state index in [1.54, 1.807) is 11.9 Å². The molecule has 0 spiro atoms. The van der Waals surface area contributed by atoms with Crippen molar-refractivity contribution in [2.75, 3.05) is 7.05 Å². The molecule has 0 aliphatic heterocycles. The van der Waals surface area contributed by atoms with Crippen molar-refractivity contribution in [1.82, 2.24) is 4.90 Å². The highest BCUT2D eigenvalue weighted by atomic mass is 19.4. The predicted molar refractivity (Wildman–Crippen MR) is 87.4 cm³/mol. The molecule has 0 fully saturated rings. The van der Waals surface area contributed by atoms with Crippen molar-refractivity contribution in [3.8, 4) is 0 Å². The summed E-state index contributed by atoms with van der Waals surface area (Å²) in [7, 11) is 1.69. The van der Waals surface area contributed by atoms with Crippen LogP contribution in [0, 0.1) is 0 Å². The molecule has 0 heterocycles. The summed E-state index contributed by atoms with van der Waals surface area (Å²) in [4.78, 5) is 13.8. The molecule has 0 saturated carbocycles. The number of amides is 1. The highest BCUT2D eigenvalue weighted by Crippen LogP contribution is 2.29. The van der Waals surface area contributed by atoms with Crippen LogP contribution >= 0.6 is 0 Å². The Balaban J connectivity index is 1.95. The Bertz CT molecular complexity index is 675. The van der Waals surface area contributed by atoms with Crippen molar-refractivity contribution in [2.24, 2.45) is 0 Å². The molecule has 0 radical (unpaired) electrons. The summed E-state index contributed by atoms with van der Waals surface area (Å²) >= 11 is 0. The molecule has 1 amide bonds. The number of carbonyl (C=O) groups excluding carboxylic acids is 1. The molecule has 2 rings (SSSR count). The zero-order valence-corrected chi connectivity index (χ0v) is 13.7. The fourth-order valence-corrected chi connectivity index (χ4v) is 2.36. The smallest absolute Gasteiger partial charge is 0.341 e. The van der Waals surface area contributed by atoms with Crippen molar-refractivity contribution in [3.63, 3.8) is 0 Å². The van der Waals surface area contributed by atoms with E-state index in [-0.39, 0.29) is 12.3 Å². The molecule has 0 saturated heterocycles. The van der Waals surface area contributed by atoms with Crippen molar-refractivity contribution in [2.45, 2.75) is 32.5 Å². The number of halogens is 3. The van der Waals surface area contributed by atoms with Crippen LogP contribution in [0.2, 0.25) is 0 Å². The highest BCUT2D eigenvalue weighted by Gasteiger charge is 2.30. The molecule has 0 aromatic heterocycles. The molecule has 0 aliphatic carbocycles. The maximum absolute atomic E-state index is 12.5. The molecule has 24 heavy (non-hydrogen) atoms. The molecule has 0 N–H and O–H groups in total. The molecule has 2 aromatic rings. The van der Waals surface area contributed by atoms with Crippen LogP contribution in [0.3, 0.4) is 0 Å². The number of hydrogen-bond donors (Lipinski definition) is 0. The van der Waals surface area contributed by atoms with E-state index in [4.69, 9.17) is 0 Å². The molecule has 0 atom stereocenters. The predicted octanol–water partition coefficient (Wildman–Crippen LogP) is 4.47. The number of rotatable bonds is 5. The van der Waals surface area contributed by atoms with E-state index in [1.807, 2.05) is 24.3 Å². The van der Waals surface area contributed by atoms with Gasteiger partial charge < -0.3 is 4.90 Å². The Morgan fingerprint density at radius 2 is 1.42 bits per heavy atom. The summed E-state index contributed by atoms with van der Waals surface area (Å²) in [5.74, 6) is -0.130. The van der Waals surface area contributed by atoms with E-state index in [0.717, 1.165) is 24.1 Å². The number of alkyl halides is 3. The number of likely N-dealkylation sites (N-methyl/N-ethyl adjacent to an activating group) is 1. The normalized spacial score (nSPS) is 11.4. The molecule has 2 aromatic carbocycles. The Morgan fingerprint density at radius 1 is 0.917 bits per heavy atom. The number of benzene rings is 2. The Hall–Kier alpha value is -2.30. The molecule has 0 aliphatic rings. The van der Waals surface area contributed by atoms with Gasteiger partial charge in [-0.2, -0.15) is 13.2 Å². The Kier molecular flexibility index (Phi) is 5.65. The lowest BCUT2D eigenvalue weighted by Gasteiger charge is -2.18. The summed E-state index contributed by atoms with van der Waals surface area (Å²) in [6, 6.07) is 12.8. The lowest BCUT2D eigenvalue weighted by Crippen LogP contribution is -2.27. The van der Waals surface area contributed by atoms with Gasteiger partial charge in [0.2, 0.25) is 5.91 Å². The van der Waals surface area contributed by atoms with Gasteiger partial charge in [-0.1, -0.05) is 43.3 Å². The van der Waals surface area contributed by atoms with Crippen molar-refractivity contribution in [3.05, 3.63) is 70.8 Å². The zero-order valence-electron chi connectivity index (χ0n) is 13.7. The van der Waals surface area contributed by atoms with Crippen LogP contribution in [-0.2, 0) is 30.4 Å². The minimum Gasteiger partial charge on any atom is -0.341 e. The van der Waals surface area contributed by atoms with E-state index < -0.39 is 11.7 Å². The SMILES string of the molecule is CCc1ccc(CN(C)C(=O)Cc2ccc(C(F)(F)F)cc2)cc1. The number of aryl methyl sites for hydroxylation is 1. The van der Waals surface area contributed by atoms with Crippen molar-refractivity contribution < 1.29 is 18.0 Å². The first-order valence-corrected chi connectivity index (χ1v) is 7.77. The topological polar surface area (TPSA) is 20.3 Å². The van der Waals surface area contributed by atoms with E-state index in [2.05, 4.69) is 6.92 Å². The van der Waals surface area contributed by atoms with Gasteiger partial charge in [-0.25, -0.2) is 0 Å². The monoisotopic (exact) mass is 335 g/mol. The molecule has 0 bridgehead atoms. The zero-order chi connectivity index (χ0) is 17.7. The lowest BCUT2D eigenvalue weighted by molar-refractivity contribution is -0.137. The second-order valence-corrected chi connectivity index (χ2v) is 5.79. The number of nitrogens with zero attached hydrogens (tertiary/aromatic N) is 1. The maximum atomic E-state index is 12.5. The summed E-state index contributed by atoms with van der Waals surface area (Å²) in [6.45, 7) is 2.55. The third-order valence-electron chi connectivity index (χ3n) is 3.91. The fourth-order valence-electron chi connectivity index (χ4n) is 2.36. The standard InChI is InChI=1S/C19H20F3NO/c1-3-14-4-6-16(7-5-14)13-23(2)18(24)12-15-8-10-17(11-9-15)19(20,21)22/h4-11H,3,12-13H2,1-2H3. The maximum Gasteiger partial charge on any atom is 0.416 e. The van der Waals surface area contributed by atoms with Crippen LogP contribution in [0.5, 0.6) is 0 Å². The highest BCUT2D eigenvalue weighted by molar-refractivity contribution is 5.78. The molecule has 0 unspecified atom stereocenters. The fraction of sp³-hybridized carbons (Fsp3) is 0.316. The van der Waals surface area contributed by atoms with E-state index in [9.17, 15) is 18.0 Å². The molecular weight excluding hydrogens is 315 g/mol. The van der Waals surface area contributed by atoms with Crippen LogP contribution in [-0.4, -0.2) is 17.9 Å². The summed E-state index contributed by atoms with van der Waals surface area (Å²) in [5, 5.41) is 0. The van der Waals surface area contributed by atoms with Crippen LogP contribution < -0.4 is 0 Å². The van der Waals surface area contributed by atoms with Gasteiger partial charge in [0, 0.05) is 13.6 Å².